The number of thiazole rings is 1. The molecule has 1 aromatic carbocycles. The van der Waals surface area contributed by atoms with Gasteiger partial charge < -0.3 is 14.3 Å². The van der Waals surface area contributed by atoms with Gasteiger partial charge in [-0.1, -0.05) is 35.1 Å². The second kappa shape index (κ2) is 8.84. The van der Waals surface area contributed by atoms with Crippen molar-refractivity contribution in [1.29, 1.82) is 0 Å². The summed E-state index contributed by atoms with van der Waals surface area (Å²) in [7, 11) is 0. The summed E-state index contributed by atoms with van der Waals surface area (Å²) >= 11 is 6.98. The van der Waals surface area contributed by atoms with E-state index in [-0.39, 0.29) is 27.9 Å². The number of amides is 1. The molecule has 1 atom stereocenters. The first-order valence-corrected chi connectivity index (χ1v) is 11.2. The average molecular weight is 487 g/mol. The maximum atomic E-state index is 13.3. The number of aryl methyl sites for hydroxylation is 2. The van der Waals surface area contributed by atoms with Gasteiger partial charge in [0.2, 0.25) is 5.78 Å². The van der Waals surface area contributed by atoms with Crippen LogP contribution in [0.1, 0.15) is 50.2 Å². The minimum absolute atomic E-state index is 0.00908. The molecule has 1 aliphatic rings. The molecule has 2 aromatic heterocycles. The van der Waals surface area contributed by atoms with Gasteiger partial charge in [-0.05, 0) is 50.6 Å². The predicted octanol–water partition coefficient (Wildman–Crippen LogP) is 4.97. The van der Waals surface area contributed by atoms with E-state index in [4.69, 9.17) is 20.8 Å². The molecule has 170 valence electrons. The Morgan fingerprint density at radius 2 is 1.91 bits per heavy atom. The molecule has 1 unspecified atom stereocenters. The van der Waals surface area contributed by atoms with E-state index in [2.05, 4.69) is 4.98 Å². The Morgan fingerprint density at radius 1 is 1.21 bits per heavy atom. The number of carbonyl (C=O) groups excluding carboxylic acids is 3. The van der Waals surface area contributed by atoms with Gasteiger partial charge in [0.15, 0.2) is 16.7 Å². The third-order valence-electron chi connectivity index (χ3n) is 5.05. The zero-order valence-electron chi connectivity index (χ0n) is 17.9. The lowest BCUT2D eigenvalue weighted by Gasteiger charge is -2.24. The minimum atomic E-state index is -1.01. The Bertz CT molecular complexity index is 1290. The number of esters is 1. The standard InChI is InChI=1S/C23H19ClN2O6S/c1-4-31-22(30)20-12(3)25-23(33-20)26-17(13-6-8-14(24)9-7-13)16(19(28)21(26)29)18(27)15-10-5-11(2)32-15/h5-10,17,28H,4H2,1-3H3. The van der Waals surface area contributed by atoms with Crippen molar-refractivity contribution in [2.24, 2.45) is 0 Å². The molecule has 0 bridgehead atoms. The van der Waals surface area contributed by atoms with E-state index in [1.807, 2.05) is 0 Å². The van der Waals surface area contributed by atoms with Gasteiger partial charge in [0, 0.05) is 5.02 Å². The zero-order valence-corrected chi connectivity index (χ0v) is 19.5. The van der Waals surface area contributed by atoms with Crippen LogP contribution < -0.4 is 4.90 Å². The molecule has 3 aromatic rings. The number of furan rings is 1. The van der Waals surface area contributed by atoms with Crippen molar-refractivity contribution < 1.29 is 28.6 Å². The first-order valence-electron chi connectivity index (χ1n) is 10.0. The number of ether oxygens (including phenoxy) is 1. The molecule has 1 N–H and O–H groups in total. The van der Waals surface area contributed by atoms with Crippen LogP contribution in [0.4, 0.5) is 5.13 Å². The summed E-state index contributed by atoms with van der Waals surface area (Å²) in [5, 5.41) is 11.4. The first-order chi connectivity index (χ1) is 15.7. The SMILES string of the molecule is CCOC(=O)c1sc(N2C(=O)C(O)=C(C(=O)c3ccc(C)o3)C2c2ccc(Cl)cc2)nc1C. The highest BCUT2D eigenvalue weighted by Gasteiger charge is 2.46. The van der Waals surface area contributed by atoms with Crippen molar-refractivity contribution in [3.8, 4) is 0 Å². The van der Waals surface area contributed by atoms with E-state index in [1.165, 1.54) is 11.0 Å². The van der Waals surface area contributed by atoms with Crippen LogP contribution >= 0.6 is 22.9 Å². The van der Waals surface area contributed by atoms with Crippen molar-refractivity contribution in [2.75, 3.05) is 11.5 Å². The molecule has 0 spiro atoms. The maximum absolute atomic E-state index is 13.3. The van der Waals surface area contributed by atoms with Gasteiger partial charge >= 0.3 is 5.97 Å². The molecule has 33 heavy (non-hydrogen) atoms. The number of benzene rings is 1. The Balaban J connectivity index is 1.85. The Kier molecular flexibility index (Phi) is 6.09. The highest BCUT2D eigenvalue weighted by molar-refractivity contribution is 7.17. The van der Waals surface area contributed by atoms with Crippen LogP contribution in [-0.2, 0) is 9.53 Å². The number of hydrogen-bond donors (Lipinski definition) is 1. The van der Waals surface area contributed by atoms with Gasteiger partial charge in [0.25, 0.3) is 5.91 Å². The fourth-order valence-electron chi connectivity index (χ4n) is 3.56. The summed E-state index contributed by atoms with van der Waals surface area (Å²) < 4.78 is 10.5. The highest BCUT2D eigenvalue weighted by atomic mass is 35.5. The minimum Gasteiger partial charge on any atom is -0.503 e. The third-order valence-corrected chi connectivity index (χ3v) is 6.44. The summed E-state index contributed by atoms with van der Waals surface area (Å²) in [4.78, 5) is 44.6. The van der Waals surface area contributed by atoms with Crippen LogP contribution in [0.15, 0.2) is 52.1 Å². The second-order valence-electron chi connectivity index (χ2n) is 7.26. The maximum Gasteiger partial charge on any atom is 0.350 e. The van der Waals surface area contributed by atoms with Gasteiger partial charge in [-0.2, -0.15) is 0 Å². The fraction of sp³-hybridized carbons (Fsp3) is 0.217. The van der Waals surface area contributed by atoms with Crippen molar-refractivity contribution in [3.63, 3.8) is 0 Å². The van der Waals surface area contributed by atoms with Crippen molar-refractivity contribution >= 4 is 45.7 Å². The molecule has 0 saturated carbocycles. The normalized spacial score (nSPS) is 15.9. The Labute approximate surface area is 198 Å². The van der Waals surface area contributed by atoms with Crippen LogP contribution in [0.5, 0.6) is 0 Å². The van der Waals surface area contributed by atoms with Gasteiger partial charge in [0.1, 0.15) is 10.6 Å². The molecule has 10 heteroatoms. The van der Waals surface area contributed by atoms with Crippen LogP contribution in [0, 0.1) is 13.8 Å². The lowest BCUT2D eigenvalue weighted by Crippen LogP contribution is -2.31. The molecule has 0 aliphatic carbocycles. The summed E-state index contributed by atoms with van der Waals surface area (Å²) in [6.07, 6.45) is 0. The Morgan fingerprint density at radius 3 is 2.52 bits per heavy atom. The molecular formula is C23H19ClN2O6S. The zero-order chi connectivity index (χ0) is 23.9. The second-order valence-corrected chi connectivity index (χ2v) is 8.68. The number of hydrogen-bond acceptors (Lipinski definition) is 8. The van der Waals surface area contributed by atoms with Crippen LogP contribution in [0.25, 0.3) is 0 Å². The van der Waals surface area contributed by atoms with Gasteiger partial charge in [0.05, 0.1) is 23.9 Å². The number of carbonyl (C=O) groups is 3. The van der Waals surface area contributed by atoms with Crippen LogP contribution in [0.2, 0.25) is 5.02 Å². The topological polar surface area (TPSA) is 110 Å². The van der Waals surface area contributed by atoms with Crippen molar-refractivity contribution in [2.45, 2.75) is 26.8 Å². The van der Waals surface area contributed by atoms with Gasteiger partial charge in [-0.25, -0.2) is 9.78 Å². The van der Waals surface area contributed by atoms with E-state index in [0.717, 1.165) is 11.3 Å². The number of halogens is 1. The number of aromatic nitrogens is 1. The summed E-state index contributed by atoms with van der Waals surface area (Å²) in [5.41, 5.74) is 0.744. The number of Topliss-reactive ketones (excluding diaryl/α,β-unsaturated/α-hetero) is 1. The molecule has 3 heterocycles. The smallest absolute Gasteiger partial charge is 0.350 e. The number of anilines is 1. The highest BCUT2D eigenvalue weighted by Crippen LogP contribution is 2.44. The number of ketones is 1. The molecule has 0 saturated heterocycles. The van der Waals surface area contributed by atoms with Crippen molar-refractivity contribution in [3.05, 3.63) is 80.4 Å². The van der Waals surface area contributed by atoms with Gasteiger partial charge in [-0.3, -0.25) is 14.5 Å². The first kappa shape index (κ1) is 22.8. The van der Waals surface area contributed by atoms with Crippen LogP contribution in [-0.4, -0.2) is 34.4 Å². The number of aliphatic hydroxyl groups excluding tert-OH is 1. The van der Waals surface area contributed by atoms with Crippen molar-refractivity contribution in [1.82, 2.24) is 4.98 Å². The molecule has 0 radical (unpaired) electrons. The fourth-order valence-corrected chi connectivity index (χ4v) is 4.67. The van der Waals surface area contributed by atoms with E-state index < -0.39 is 29.5 Å². The molecule has 4 rings (SSSR count). The largest absolute Gasteiger partial charge is 0.503 e. The number of aliphatic hydroxyl groups is 1. The Hall–Kier alpha value is -3.43. The molecule has 0 fully saturated rings. The summed E-state index contributed by atoms with van der Waals surface area (Å²) in [6, 6.07) is 8.63. The molecular weight excluding hydrogens is 468 g/mol. The van der Waals surface area contributed by atoms with Gasteiger partial charge in [-0.15, -0.1) is 0 Å². The molecule has 1 aliphatic heterocycles. The lowest BCUT2D eigenvalue weighted by atomic mass is 9.95. The van der Waals surface area contributed by atoms with Crippen LogP contribution in [0.3, 0.4) is 0 Å². The van der Waals surface area contributed by atoms with E-state index in [1.54, 1.807) is 51.1 Å². The predicted molar refractivity (Wildman–Crippen MR) is 122 cm³/mol. The molecule has 1 amide bonds. The molecule has 8 nitrogen and oxygen atoms in total. The van der Waals surface area contributed by atoms with E-state index in [9.17, 15) is 19.5 Å². The number of nitrogens with zero attached hydrogens (tertiary/aromatic N) is 2. The van der Waals surface area contributed by atoms with E-state index >= 15 is 0 Å². The number of rotatable bonds is 6. The monoisotopic (exact) mass is 486 g/mol. The quantitative estimate of drug-likeness (QED) is 0.387. The van der Waals surface area contributed by atoms with E-state index in [0.29, 0.717) is 22.0 Å². The third kappa shape index (κ3) is 4.05. The average Bonchev–Trinajstić information content (AvgIpc) is 3.45. The summed E-state index contributed by atoms with van der Waals surface area (Å²) in [6.45, 7) is 5.18. The lowest BCUT2D eigenvalue weighted by molar-refractivity contribution is -0.117. The summed E-state index contributed by atoms with van der Waals surface area (Å²) in [5.74, 6) is -2.21.